The van der Waals surface area contributed by atoms with Crippen LogP contribution in [0.15, 0.2) is 29.6 Å². The Kier molecular flexibility index (Phi) is 4.54. The van der Waals surface area contributed by atoms with E-state index in [0.717, 1.165) is 44.0 Å². The minimum Gasteiger partial charge on any atom is -0.345 e. The van der Waals surface area contributed by atoms with E-state index in [1.54, 1.807) is 11.3 Å². The molecule has 1 aliphatic heterocycles. The number of anilines is 2. The molecule has 1 aromatic carbocycles. The van der Waals surface area contributed by atoms with Gasteiger partial charge in [-0.1, -0.05) is 22.9 Å². The molecule has 0 atom stereocenters. The maximum absolute atomic E-state index is 12.3. The first-order valence-electron chi connectivity index (χ1n) is 8.02. The van der Waals surface area contributed by atoms with E-state index in [4.69, 9.17) is 16.6 Å². The van der Waals surface area contributed by atoms with Gasteiger partial charge < -0.3 is 9.80 Å². The van der Waals surface area contributed by atoms with Crippen LogP contribution >= 0.6 is 34.3 Å². The van der Waals surface area contributed by atoms with Gasteiger partial charge in [0.1, 0.15) is 0 Å². The minimum absolute atomic E-state index is 0.0333. The molecule has 0 aliphatic carbocycles. The average Bonchev–Trinajstić information content (AvgIpc) is 3.28. The van der Waals surface area contributed by atoms with Gasteiger partial charge >= 0.3 is 6.03 Å². The van der Waals surface area contributed by atoms with Crippen molar-refractivity contribution >= 4 is 60.7 Å². The number of urea groups is 1. The molecule has 1 fully saturated rings. The second kappa shape index (κ2) is 6.82. The van der Waals surface area contributed by atoms with Crippen molar-refractivity contribution in [3.8, 4) is 0 Å². The molecule has 0 spiro atoms. The van der Waals surface area contributed by atoms with Gasteiger partial charge in [-0.25, -0.2) is 9.78 Å². The van der Waals surface area contributed by atoms with Crippen molar-refractivity contribution < 1.29 is 4.79 Å². The van der Waals surface area contributed by atoms with Gasteiger partial charge in [0, 0.05) is 31.2 Å². The molecule has 130 valence electrons. The first-order valence-corrected chi connectivity index (χ1v) is 10.1. The largest absolute Gasteiger partial charge is 0.345 e. The van der Waals surface area contributed by atoms with Crippen LogP contribution in [0.4, 0.5) is 14.9 Å². The van der Waals surface area contributed by atoms with Crippen LogP contribution in [0.3, 0.4) is 0 Å². The van der Waals surface area contributed by atoms with Crippen molar-refractivity contribution in [2.45, 2.75) is 6.92 Å². The van der Waals surface area contributed by atoms with E-state index in [2.05, 4.69) is 10.2 Å². The van der Waals surface area contributed by atoms with Gasteiger partial charge in [0.2, 0.25) is 0 Å². The zero-order chi connectivity index (χ0) is 17.4. The average molecular weight is 393 g/mol. The summed E-state index contributed by atoms with van der Waals surface area (Å²) in [6, 6.07) is 7.76. The zero-order valence-corrected chi connectivity index (χ0v) is 16.0. The number of fused-ring (bicyclic) bond motifs is 1. The maximum atomic E-state index is 12.3. The van der Waals surface area contributed by atoms with E-state index in [9.17, 15) is 4.79 Å². The number of aryl methyl sites for hydroxylation is 1. The van der Waals surface area contributed by atoms with Crippen LogP contribution in [0.1, 0.15) is 5.56 Å². The minimum atomic E-state index is -0.0333. The van der Waals surface area contributed by atoms with Gasteiger partial charge in [-0.05, 0) is 42.1 Å². The van der Waals surface area contributed by atoms with E-state index in [0.29, 0.717) is 13.1 Å². The summed E-state index contributed by atoms with van der Waals surface area (Å²) in [7, 11) is 0. The number of thiazole rings is 1. The Balaban J connectivity index is 1.43. The Morgan fingerprint density at radius 1 is 1.24 bits per heavy atom. The topological polar surface area (TPSA) is 48.5 Å². The summed E-state index contributed by atoms with van der Waals surface area (Å²) in [4.78, 5) is 21.2. The smallest absolute Gasteiger partial charge is 0.322 e. The first-order chi connectivity index (χ1) is 12.1. The predicted molar refractivity (Wildman–Crippen MR) is 106 cm³/mol. The van der Waals surface area contributed by atoms with Crippen molar-refractivity contribution in [3.63, 3.8) is 0 Å². The molecular weight excluding hydrogens is 376 g/mol. The lowest BCUT2D eigenvalue weighted by molar-refractivity contribution is 0.208. The molecule has 5 nitrogen and oxygen atoms in total. The Hall–Kier alpha value is -1.83. The molecule has 0 unspecified atom stereocenters. The van der Waals surface area contributed by atoms with Crippen LogP contribution in [0.2, 0.25) is 5.02 Å². The number of hydrogen-bond donors (Lipinski definition) is 1. The van der Waals surface area contributed by atoms with Crippen LogP contribution < -0.4 is 10.2 Å². The molecule has 3 aromatic rings. The third-order valence-corrected chi connectivity index (χ3v) is 6.60. The van der Waals surface area contributed by atoms with Crippen LogP contribution in [0.25, 0.3) is 10.2 Å². The fraction of sp³-hybridized carbons (Fsp3) is 0.294. The number of piperazine rings is 1. The number of carbonyl (C=O) groups excluding carboxylic acids is 1. The van der Waals surface area contributed by atoms with Gasteiger partial charge in [-0.2, -0.15) is 0 Å². The summed E-state index contributed by atoms with van der Waals surface area (Å²) in [6.45, 7) is 4.94. The molecule has 2 amide bonds. The number of nitrogens with zero attached hydrogens (tertiary/aromatic N) is 3. The molecule has 8 heteroatoms. The van der Waals surface area contributed by atoms with Crippen LogP contribution in [-0.4, -0.2) is 42.1 Å². The molecule has 4 rings (SSSR count). The summed E-state index contributed by atoms with van der Waals surface area (Å²) in [5, 5.41) is 7.52. The van der Waals surface area contributed by atoms with E-state index in [1.165, 1.54) is 11.3 Å². The molecule has 0 bridgehead atoms. The van der Waals surface area contributed by atoms with E-state index < -0.39 is 0 Å². The molecule has 1 aliphatic rings. The number of halogens is 1. The maximum Gasteiger partial charge on any atom is 0.322 e. The number of carbonyl (C=O) groups is 1. The number of nitrogens with one attached hydrogen (secondary N) is 1. The van der Waals surface area contributed by atoms with E-state index in [1.807, 2.05) is 41.5 Å². The number of rotatable bonds is 2. The number of benzene rings is 1. The third-order valence-electron chi connectivity index (χ3n) is 4.33. The lowest BCUT2D eigenvalue weighted by Gasteiger charge is -2.34. The Labute approximate surface area is 158 Å². The Bertz CT molecular complexity index is 901. The standard InChI is InChI=1S/C17H17ClN4OS2/c1-11-12(18)4-5-13-15(11)20-17(25-13)22-8-6-21(7-9-22)16(23)19-14-3-2-10-24-14/h2-5,10H,6-9H2,1H3,(H,19,23). The highest BCUT2D eigenvalue weighted by Crippen LogP contribution is 2.33. The summed E-state index contributed by atoms with van der Waals surface area (Å²) in [6.07, 6.45) is 0. The van der Waals surface area contributed by atoms with Gasteiger partial charge in [0.15, 0.2) is 5.13 Å². The molecule has 1 saturated heterocycles. The van der Waals surface area contributed by atoms with Gasteiger partial charge in [0.05, 0.1) is 15.2 Å². The summed E-state index contributed by atoms with van der Waals surface area (Å²) < 4.78 is 1.15. The van der Waals surface area contributed by atoms with Crippen molar-refractivity contribution in [2.75, 3.05) is 36.4 Å². The molecule has 3 heterocycles. The molecule has 1 N–H and O–H groups in total. The molecular formula is C17H17ClN4OS2. The van der Waals surface area contributed by atoms with Gasteiger partial charge in [0.25, 0.3) is 0 Å². The first kappa shape index (κ1) is 16.6. The summed E-state index contributed by atoms with van der Waals surface area (Å²) in [5.41, 5.74) is 2.00. The highest BCUT2D eigenvalue weighted by Gasteiger charge is 2.23. The number of amides is 2. The lowest BCUT2D eigenvalue weighted by Crippen LogP contribution is -2.50. The van der Waals surface area contributed by atoms with E-state index in [-0.39, 0.29) is 6.03 Å². The van der Waals surface area contributed by atoms with Crippen molar-refractivity contribution in [3.05, 3.63) is 40.2 Å². The fourth-order valence-corrected chi connectivity index (χ4v) is 4.70. The van der Waals surface area contributed by atoms with Crippen LogP contribution in [-0.2, 0) is 0 Å². The second-order valence-corrected chi connectivity index (χ2v) is 8.26. The summed E-state index contributed by atoms with van der Waals surface area (Å²) in [5.74, 6) is 0. The lowest BCUT2D eigenvalue weighted by atomic mass is 10.2. The molecule has 25 heavy (non-hydrogen) atoms. The van der Waals surface area contributed by atoms with Crippen molar-refractivity contribution in [1.82, 2.24) is 9.88 Å². The quantitative estimate of drug-likeness (QED) is 0.689. The predicted octanol–water partition coefficient (Wildman–Crippen LogP) is 4.67. The van der Waals surface area contributed by atoms with Gasteiger partial charge in [-0.3, -0.25) is 5.32 Å². The van der Waals surface area contributed by atoms with Crippen molar-refractivity contribution in [1.29, 1.82) is 0 Å². The zero-order valence-electron chi connectivity index (χ0n) is 13.7. The summed E-state index contributed by atoms with van der Waals surface area (Å²) >= 11 is 9.40. The van der Waals surface area contributed by atoms with Gasteiger partial charge in [-0.15, -0.1) is 11.3 Å². The normalized spacial score (nSPS) is 15.0. The third kappa shape index (κ3) is 3.31. The number of thiophene rings is 1. The highest BCUT2D eigenvalue weighted by molar-refractivity contribution is 7.22. The highest BCUT2D eigenvalue weighted by atomic mass is 35.5. The second-order valence-electron chi connectivity index (χ2n) is 5.90. The van der Waals surface area contributed by atoms with Crippen LogP contribution in [0, 0.1) is 6.92 Å². The number of hydrogen-bond acceptors (Lipinski definition) is 5. The number of aromatic nitrogens is 1. The molecule has 0 saturated carbocycles. The molecule has 0 radical (unpaired) electrons. The SMILES string of the molecule is Cc1c(Cl)ccc2sc(N3CCN(C(=O)Nc4cccs4)CC3)nc12. The van der Waals surface area contributed by atoms with E-state index >= 15 is 0 Å². The fourth-order valence-electron chi connectivity index (χ4n) is 2.86. The Morgan fingerprint density at radius 2 is 2.04 bits per heavy atom. The monoisotopic (exact) mass is 392 g/mol. The molecule has 2 aromatic heterocycles. The van der Waals surface area contributed by atoms with Crippen LogP contribution in [0.5, 0.6) is 0 Å². The van der Waals surface area contributed by atoms with Crippen molar-refractivity contribution in [2.24, 2.45) is 0 Å². The Morgan fingerprint density at radius 3 is 2.76 bits per heavy atom.